The van der Waals surface area contributed by atoms with Crippen molar-refractivity contribution in [3.63, 3.8) is 0 Å². The number of hydrogen-bond acceptors (Lipinski definition) is 4. The SMILES string of the molecule is COc1ccc(F)c(N2CCN(CC3CCCNC3)CC2)c1.Cl. The number of nitrogens with one attached hydrogen (secondary N) is 1. The molecule has 2 fully saturated rings. The van der Waals surface area contributed by atoms with E-state index in [4.69, 9.17) is 4.74 Å². The number of benzene rings is 1. The average Bonchev–Trinajstić information content (AvgIpc) is 2.57. The number of hydrogen-bond donors (Lipinski definition) is 1. The summed E-state index contributed by atoms with van der Waals surface area (Å²) in [5.41, 5.74) is 0.665. The zero-order valence-corrected chi connectivity index (χ0v) is 14.6. The Bertz CT molecular complexity index is 489. The molecule has 0 saturated carbocycles. The second-order valence-electron chi connectivity index (χ2n) is 6.32. The second kappa shape index (κ2) is 8.71. The molecule has 0 amide bonds. The molecule has 2 aliphatic heterocycles. The van der Waals surface area contributed by atoms with Gasteiger partial charge >= 0.3 is 0 Å². The van der Waals surface area contributed by atoms with Crippen LogP contribution in [0.4, 0.5) is 10.1 Å². The van der Waals surface area contributed by atoms with E-state index < -0.39 is 0 Å². The highest BCUT2D eigenvalue weighted by Gasteiger charge is 2.23. The Hall–Kier alpha value is -1.04. The fourth-order valence-electron chi connectivity index (χ4n) is 3.48. The Morgan fingerprint density at radius 3 is 2.70 bits per heavy atom. The largest absolute Gasteiger partial charge is 0.497 e. The number of piperidine rings is 1. The van der Waals surface area contributed by atoms with Crippen LogP contribution in [0.25, 0.3) is 0 Å². The van der Waals surface area contributed by atoms with Gasteiger partial charge in [-0.1, -0.05) is 0 Å². The van der Waals surface area contributed by atoms with Crippen LogP contribution < -0.4 is 15.0 Å². The molecule has 23 heavy (non-hydrogen) atoms. The minimum Gasteiger partial charge on any atom is -0.497 e. The highest BCUT2D eigenvalue weighted by molar-refractivity contribution is 5.85. The van der Waals surface area contributed by atoms with Crippen LogP contribution in [0, 0.1) is 11.7 Å². The Balaban J connectivity index is 0.00000192. The van der Waals surface area contributed by atoms with Crippen molar-refractivity contribution < 1.29 is 9.13 Å². The van der Waals surface area contributed by atoms with Crippen molar-refractivity contribution in [1.29, 1.82) is 0 Å². The molecule has 2 heterocycles. The van der Waals surface area contributed by atoms with Gasteiger partial charge in [-0.2, -0.15) is 0 Å². The fourth-order valence-corrected chi connectivity index (χ4v) is 3.48. The number of anilines is 1. The molecule has 2 aliphatic rings. The monoisotopic (exact) mass is 343 g/mol. The van der Waals surface area contributed by atoms with Gasteiger partial charge in [-0.05, 0) is 44.0 Å². The first-order valence-electron chi connectivity index (χ1n) is 8.28. The molecule has 0 bridgehead atoms. The number of piperazine rings is 1. The van der Waals surface area contributed by atoms with Crippen LogP contribution in [0.2, 0.25) is 0 Å². The van der Waals surface area contributed by atoms with Gasteiger partial charge in [0.1, 0.15) is 11.6 Å². The van der Waals surface area contributed by atoms with Crippen LogP contribution in [0.15, 0.2) is 18.2 Å². The molecule has 0 radical (unpaired) electrons. The lowest BCUT2D eigenvalue weighted by Gasteiger charge is -2.38. The second-order valence-corrected chi connectivity index (χ2v) is 6.32. The molecule has 6 heteroatoms. The minimum atomic E-state index is -0.161. The van der Waals surface area contributed by atoms with Crippen molar-refractivity contribution in [3.05, 3.63) is 24.0 Å². The first kappa shape index (κ1) is 18.3. The summed E-state index contributed by atoms with van der Waals surface area (Å²) >= 11 is 0. The van der Waals surface area contributed by atoms with Crippen molar-refractivity contribution in [2.45, 2.75) is 12.8 Å². The van der Waals surface area contributed by atoms with Crippen LogP contribution in [-0.4, -0.2) is 57.8 Å². The summed E-state index contributed by atoms with van der Waals surface area (Å²) in [6.07, 6.45) is 2.62. The third-order valence-electron chi connectivity index (χ3n) is 4.78. The minimum absolute atomic E-state index is 0. The molecule has 0 spiro atoms. The predicted octanol–water partition coefficient (Wildman–Crippen LogP) is 2.38. The third kappa shape index (κ3) is 4.72. The molecule has 1 atom stereocenters. The topological polar surface area (TPSA) is 27.7 Å². The maximum atomic E-state index is 14.0. The van der Waals surface area contributed by atoms with Crippen LogP contribution in [0.1, 0.15) is 12.8 Å². The van der Waals surface area contributed by atoms with E-state index in [2.05, 4.69) is 15.1 Å². The maximum Gasteiger partial charge on any atom is 0.146 e. The molecular weight excluding hydrogens is 317 g/mol. The number of ether oxygens (including phenoxy) is 1. The Morgan fingerprint density at radius 1 is 1.26 bits per heavy atom. The molecular formula is C17H27ClFN3O. The molecule has 130 valence electrons. The fraction of sp³-hybridized carbons (Fsp3) is 0.647. The first-order chi connectivity index (χ1) is 10.8. The van der Waals surface area contributed by atoms with E-state index in [1.807, 2.05) is 0 Å². The number of methoxy groups -OCH3 is 1. The third-order valence-corrected chi connectivity index (χ3v) is 4.78. The lowest BCUT2D eigenvalue weighted by Crippen LogP contribution is -2.49. The van der Waals surface area contributed by atoms with Crippen LogP contribution in [-0.2, 0) is 0 Å². The molecule has 4 nitrogen and oxygen atoms in total. The molecule has 0 aliphatic carbocycles. The molecule has 1 aromatic rings. The van der Waals surface area contributed by atoms with Crippen molar-refractivity contribution in [1.82, 2.24) is 10.2 Å². The quantitative estimate of drug-likeness (QED) is 0.908. The van der Waals surface area contributed by atoms with E-state index >= 15 is 0 Å². The molecule has 1 unspecified atom stereocenters. The Kier molecular flexibility index (Phi) is 6.93. The van der Waals surface area contributed by atoms with Gasteiger partial charge in [-0.15, -0.1) is 12.4 Å². The van der Waals surface area contributed by atoms with Gasteiger partial charge in [0.15, 0.2) is 0 Å². The maximum absolute atomic E-state index is 14.0. The van der Waals surface area contributed by atoms with Crippen LogP contribution in [0.5, 0.6) is 5.75 Å². The van der Waals surface area contributed by atoms with Gasteiger partial charge < -0.3 is 15.0 Å². The summed E-state index contributed by atoms with van der Waals surface area (Å²) in [6, 6.07) is 4.97. The van der Waals surface area contributed by atoms with Gasteiger partial charge in [0.05, 0.1) is 12.8 Å². The zero-order valence-electron chi connectivity index (χ0n) is 13.8. The van der Waals surface area contributed by atoms with E-state index in [0.717, 1.165) is 38.6 Å². The first-order valence-corrected chi connectivity index (χ1v) is 8.28. The smallest absolute Gasteiger partial charge is 0.146 e. The van der Waals surface area contributed by atoms with E-state index in [-0.39, 0.29) is 18.2 Å². The molecule has 3 rings (SSSR count). The van der Waals surface area contributed by atoms with E-state index in [1.54, 1.807) is 19.2 Å². The predicted molar refractivity (Wildman–Crippen MR) is 94.4 cm³/mol. The summed E-state index contributed by atoms with van der Waals surface area (Å²) in [7, 11) is 1.62. The summed E-state index contributed by atoms with van der Waals surface area (Å²) in [5.74, 6) is 1.33. The van der Waals surface area contributed by atoms with Gasteiger partial charge in [0.2, 0.25) is 0 Å². The van der Waals surface area contributed by atoms with E-state index in [9.17, 15) is 4.39 Å². The molecule has 1 N–H and O–H groups in total. The van der Waals surface area contributed by atoms with Crippen LogP contribution >= 0.6 is 12.4 Å². The van der Waals surface area contributed by atoms with Gasteiger partial charge in [0, 0.05) is 38.8 Å². The normalized spacial score (nSPS) is 22.5. The lowest BCUT2D eigenvalue weighted by atomic mass is 9.99. The zero-order chi connectivity index (χ0) is 15.4. The Morgan fingerprint density at radius 2 is 2.04 bits per heavy atom. The van der Waals surface area contributed by atoms with Crippen molar-refractivity contribution >= 4 is 18.1 Å². The van der Waals surface area contributed by atoms with Gasteiger partial charge in [-0.25, -0.2) is 4.39 Å². The van der Waals surface area contributed by atoms with Crippen LogP contribution in [0.3, 0.4) is 0 Å². The molecule has 2 saturated heterocycles. The average molecular weight is 344 g/mol. The van der Waals surface area contributed by atoms with Crippen molar-refractivity contribution in [2.24, 2.45) is 5.92 Å². The van der Waals surface area contributed by atoms with Crippen molar-refractivity contribution in [2.75, 3.05) is 57.8 Å². The summed E-state index contributed by atoms with van der Waals surface area (Å²) < 4.78 is 19.3. The highest BCUT2D eigenvalue weighted by atomic mass is 35.5. The van der Waals surface area contributed by atoms with E-state index in [0.29, 0.717) is 11.4 Å². The van der Waals surface area contributed by atoms with Gasteiger partial charge in [0.25, 0.3) is 0 Å². The van der Waals surface area contributed by atoms with E-state index in [1.165, 1.54) is 32.0 Å². The summed E-state index contributed by atoms with van der Waals surface area (Å²) in [5, 5.41) is 3.48. The summed E-state index contributed by atoms with van der Waals surface area (Å²) in [4.78, 5) is 4.65. The highest BCUT2D eigenvalue weighted by Crippen LogP contribution is 2.26. The molecule has 1 aromatic carbocycles. The summed E-state index contributed by atoms with van der Waals surface area (Å²) in [6.45, 7) is 7.25. The Labute approximate surface area is 144 Å². The number of nitrogens with zero attached hydrogens (tertiary/aromatic N) is 2. The standard InChI is InChI=1S/C17H26FN3O.ClH/c1-22-15-4-5-16(18)17(11-15)21-9-7-20(8-10-21)13-14-3-2-6-19-12-14;/h4-5,11,14,19H,2-3,6-10,12-13H2,1H3;1H. The van der Waals surface area contributed by atoms with Crippen molar-refractivity contribution in [3.8, 4) is 5.75 Å². The molecule has 0 aromatic heterocycles. The van der Waals surface area contributed by atoms with Gasteiger partial charge in [-0.3, -0.25) is 4.90 Å². The number of halogens is 2. The lowest BCUT2D eigenvalue weighted by molar-refractivity contribution is 0.198. The number of rotatable bonds is 4.